The Balaban J connectivity index is 1.74. The molecule has 2 N–H and O–H groups in total. The Labute approximate surface area is 136 Å². The van der Waals surface area contributed by atoms with E-state index in [1.54, 1.807) is 0 Å². The SMILES string of the molecule is Cc1cc(C(=O)N2CCCc3c(N)cccc32)c(C)n1C1CC1. The normalized spacial score (nSPS) is 17.2. The van der Waals surface area contributed by atoms with Gasteiger partial charge in [0.25, 0.3) is 5.91 Å². The fraction of sp³-hybridized carbons (Fsp3) is 0.421. The van der Waals surface area contributed by atoms with E-state index in [0.29, 0.717) is 6.04 Å². The minimum absolute atomic E-state index is 0.108. The van der Waals surface area contributed by atoms with Gasteiger partial charge in [-0.2, -0.15) is 0 Å². The first-order chi connectivity index (χ1) is 11.1. The Morgan fingerprint density at radius 3 is 2.78 bits per heavy atom. The average Bonchev–Trinajstić information content (AvgIpc) is 3.32. The predicted octanol–water partition coefficient (Wildman–Crippen LogP) is 3.62. The number of benzene rings is 1. The molecule has 4 rings (SSSR count). The molecule has 2 aliphatic rings. The number of amides is 1. The maximum atomic E-state index is 13.2. The van der Waals surface area contributed by atoms with E-state index in [1.807, 2.05) is 23.1 Å². The lowest BCUT2D eigenvalue weighted by Crippen LogP contribution is -2.36. The van der Waals surface area contributed by atoms with E-state index in [9.17, 15) is 4.79 Å². The molecular formula is C19H23N3O. The smallest absolute Gasteiger partial charge is 0.260 e. The highest BCUT2D eigenvalue weighted by Crippen LogP contribution is 2.39. The van der Waals surface area contributed by atoms with Gasteiger partial charge in [0, 0.05) is 35.3 Å². The van der Waals surface area contributed by atoms with Gasteiger partial charge in [-0.3, -0.25) is 4.79 Å². The zero-order valence-electron chi connectivity index (χ0n) is 13.8. The zero-order chi connectivity index (χ0) is 16.1. The van der Waals surface area contributed by atoms with Crippen LogP contribution in [0.5, 0.6) is 0 Å². The van der Waals surface area contributed by atoms with Crippen LogP contribution in [0.3, 0.4) is 0 Å². The molecule has 23 heavy (non-hydrogen) atoms. The van der Waals surface area contributed by atoms with Crippen LogP contribution >= 0.6 is 0 Å². The van der Waals surface area contributed by atoms with Gasteiger partial charge >= 0.3 is 0 Å². The molecular weight excluding hydrogens is 286 g/mol. The van der Waals surface area contributed by atoms with Crippen LogP contribution in [0.15, 0.2) is 24.3 Å². The van der Waals surface area contributed by atoms with Crippen LogP contribution in [0.25, 0.3) is 0 Å². The Morgan fingerprint density at radius 2 is 2.04 bits per heavy atom. The lowest BCUT2D eigenvalue weighted by molar-refractivity contribution is 0.0984. The summed E-state index contributed by atoms with van der Waals surface area (Å²) in [5.74, 6) is 0.108. The molecule has 4 heteroatoms. The molecule has 120 valence electrons. The molecule has 0 unspecified atom stereocenters. The number of aryl methyl sites for hydroxylation is 1. The highest BCUT2D eigenvalue weighted by atomic mass is 16.2. The lowest BCUT2D eigenvalue weighted by atomic mass is 9.99. The van der Waals surface area contributed by atoms with Gasteiger partial charge in [-0.15, -0.1) is 0 Å². The summed E-state index contributed by atoms with van der Waals surface area (Å²) in [6, 6.07) is 8.53. The molecule has 1 amide bonds. The van der Waals surface area contributed by atoms with Crippen molar-refractivity contribution in [2.24, 2.45) is 0 Å². The van der Waals surface area contributed by atoms with E-state index in [1.165, 1.54) is 18.5 Å². The number of rotatable bonds is 2. The van der Waals surface area contributed by atoms with Gasteiger partial charge < -0.3 is 15.2 Å². The molecule has 1 aromatic heterocycles. The van der Waals surface area contributed by atoms with Crippen LogP contribution in [0.1, 0.15) is 52.6 Å². The van der Waals surface area contributed by atoms with Gasteiger partial charge in [0.2, 0.25) is 0 Å². The second-order valence-electron chi connectivity index (χ2n) is 6.79. The molecule has 4 nitrogen and oxygen atoms in total. The first-order valence-corrected chi connectivity index (χ1v) is 8.45. The molecule has 0 radical (unpaired) electrons. The standard InChI is InChI=1S/C19H23N3O/c1-12-11-16(13(2)22(12)14-8-9-14)19(23)21-10-4-5-15-17(20)6-3-7-18(15)21/h3,6-7,11,14H,4-5,8-10,20H2,1-2H3. The zero-order valence-corrected chi connectivity index (χ0v) is 13.8. The molecule has 1 aromatic carbocycles. The van der Waals surface area contributed by atoms with Crippen molar-refractivity contribution >= 4 is 17.3 Å². The number of fused-ring (bicyclic) bond motifs is 1. The van der Waals surface area contributed by atoms with Crippen LogP contribution in [-0.4, -0.2) is 17.0 Å². The Morgan fingerprint density at radius 1 is 1.26 bits per heavy atom. The maximum absolute atomic E-state index is 13.2. The van der Waals surface area contributed by atoms with Crippen molar-refractivity contribution in [3.8, 4) is 0 Å². The van der Waals surface area contributed by atoms with E-state index >= 15 is 0 Å². The monoisotopic (exact) mass is 309 g/mol. The number of nitrogens with two attached hydrogens (primary N) is 1. The summed E-state index contributed by atoms with van der Waals surface area (Å²) in [5.41, 5.74) is 12.1. The van der Waals surface area contributed by atoms with Gasteiger partial charge in [0.1, 0.15) is 0 Å². The summed E-state index contributed by atoms with van der Waals surface area (Å²) in [4.78, 5) is 15.1. The number of carbonyl (C=O) groups is 1. The third kappa shape index (κ3) is 2.24. The van der Waals surface area contributed by atoms with Crippen molar-refractivity contribution in [3.05, 3.63) is 46.8 Å². The molecule has 2 aromatic rings. The Bertz CT molecular complexity index is 786. The van der Waals surface area contributed by atoms with Crippen LogP contribution in [0.2, 0.25) is 0 Å². The number of hydrogen-bond acceptors (Lipinski definition) is 2. The number of anilines is 2. The van der Waals surface area contributed by atoms with Crippen LogP contribution < -0.4 is 10.6 Å². The quantitative estimate of drug-likeness (QED) is 0.862. The van der Waals surface area contributed by atoms with Crippen molar-refractivity contribution < 1.29 is 4.79 Å². The summed E-state index contributed by atoms with van der Waals surface area (Å²) in [7, 11) is 0. The van der Waals surface area contributed by atoms with Gasteiger partial charge in [-0.25, -0.2) is 0 Å². The largest absolute Gasteiger partial charge is 0.398 e. The van der Waals surface area contributed by atoms with Crippen LogP contribution in [-0.2, 0) is 6.42 Å². The average molecular weight is 309 g/mol. The summed E-state index contributed by atoms with van der Waals surface area (Å²) >= 11 is 0. The molecule has 1 aliphatic carbocycles. The van der Waals surface area contributed by atoms with Crippen LogP contribution in [0, 0.1) is 13.8 Å². The van der Waals surface area contributed by atoms with Crippen molar-refractivity contribution in [2.75, 3.05) is 17.2 Å². The predicted molar refractivity (Wildman–Crippen MR) is 93.0 cm³/mol. The molecule has 1 aliphatic heterocycles. The Hall–Kier alpha value is -2.23. The third-order valence-corrected chi connectivity index (χ3v) is 5.16. The number of carbonyl (C=O) groups excluding carboxylic acids is 1. The number of hydrogen-bond donors (Lipinski definition) is 1. The molecule has 2 heterocycles. The second-order valence-corrected chi connectivity index (χ2v) is 6.79. The van der Waals surface area contributed by atoms with E-state index in [4.69, 9.17) is 5.73 Å². The minimum Gasteiger partial charge on any atom is -0.398 e. The van der Waals surface area contributed by atoms with E-state index in [-0.39, 0.29) is 5.91 Å². The summed E-state index contributed by atoms with van der Waals surface area (Å²) in [5, 5.41) is 0. The van der Waals surface area contributed by atoms with E-state index in [2.05, 4.69) is 24.5 Å². The van der Waals surface area contributed by atoms with Gasteiger partial charge in [0.05, 0.1) is 5.56 Å². The van der Waals surface area contributed by atoms with Crippen molar-refractivity contribution in [3.63, 3.8) is 0 Å². The number of nitrogen functional groups attached to an aromatic ring is 1. The number of nitrogens with zero attached hydrogens (tertiary/aromatic N) is 2. The van der Waals surface area contributed by atoms with Gasteiger partial charge in [-0.05, 0) is 63.3 Å². The van der Waals surface area contributed by atoms with Gasteiger partial charge in [0.15, 0.2) is 0 Å². The molecule has 0 spiro atoms. The maximum Gasteiger partial charge on any atom is 0.260 e. The summed E-state index contributed by atoms with van der Waals surface area (Å²) in [6.07, 6.45) is 4.38. The first kappa shape index (κ1) is 14.4. The summed E-state index contributed by atoms with van der Waals surface area (Å²) in [6.45, 7) is 4.94. The Kier molecular flexibility index (Phi) is 3.22. The molecule has 0 saturated heterocycles. The topological polar surface area (TPSA) is 51.3 Å². The lowest BCUT2D eigenvalue weighted by Gasteiger charge is -2.30. The second kappa shape index (κ2) is 5.15. The van der Waals surface area contributed by atoms with Crippen molar-refractivity contribution in [1.29, 1.82) is 0 Å². The van der Waals surface area contributed by atoms with Crippen LogP contribution in [0.4, 0.5) is 11.4 Å². The fourth-order valence-corrected chi connectivity index (χ4v) is 3.90. The molecule has 1 saturated carbocycles. The molecule has 0 bridgehead atoms. The molecule has 0 atom stereocenters. The first-order valence-electron chi connectivity index (χ1n) is 8.45. The summed E-state index contributed by atoms with van der Waals surface area (Å²) < 4.78 is 2.33. The van der Waals surface area contributed by atoms with E-state index in [0.717, 1.165) is 47.6 Å². The highest BCUT2D eigenvalue weighted by molar-refractivity contribution is 6.08. The molecule has 1 fully saturated rings. The highest BCUT2D eigenvalue weighted by Gasteiger charge is 2.31. The van der Waals surface area contributed by atoms with Crippen molar-refractivity contribution in [1.82, 2.24) is 4.57 Å². The van der Waals surface area contributed by atoms with Crippen molar-refractivity contribution in [2.45, 2.75) is 45.6 Å². The minimum atomic E-state index is 0.108. The fourth-order valence-electron chi connectivity index (χ4n) is 3.90. The van der Waals surface area contributed by atoms with Gasteiger partial charge in [-0.1, -0.05) is 6.07 Å². The number of aromatic nitrogens is 1. The third-order valence-electron chi connectivity index (χ3n) is 5.16. The van der Waals surface area contributed by atoms with E-state index < -0.39 is 0 Å².